The van der Waals surface area contributed by atoms with E-state index in [1.54, 1.807) is 0 Å². The number of hydrogen-bond donors (Lipinski definition) is 2. The molecule has 0 aliphatic heterocycles. The van der Waals surface area contributed by atoms with Gasteiger partial charge in [-0.3, -0.25) is 9.59 Å². The first-order valence-corrected chi connectivity index (χ1v) is 7.20. The van der Waals surface area contributed by atoms with Crippen molar-refractivity contribution in [3.05, 3.63) is 29.3 Å². The molecule has 114 valence electrons. The molecule has 1 aliphatic carbocycles. The van der Waals surface area contributed by atoms with Gasteiger partial charge in [0.2, 0.25) is 5.91 Å². The highest BCUT2D eigenvalue weighted by Gasteiger charge is 2.41. The maximum atomic E-state index is 11.9. The highest BCUT2D eigenvalue weighted by atomic mass is 16.5. The second-order valence-corrected chi connectivity index (χ2v) is 5.49. The maximum absolute atomic E-state index is 11.9. The molecule has 2 atom stereocenters. The molecule has 0 spiro atoms. The van der Waals surface area contributed by atoms with Crippen LogP contribution in [0.5, 0.6) is 5.75 Å². The lowest BCUT2D eigenvalue weighted by Crippen LogP contribution is -2.44. The van der Waals surface area contributed by atoms with Crippen LogP contribution >= 0.6 is 0 Å². The Labute approximate surface area is 124 Å². The van der Waals surface area contributed by atoms with E-state index in [4.69, 9.17) is 9.84 Å². The van der Waals surface area contributed by atoms with Gasteiger partial charge in [-0.05, 0) is 37.8 Å². The van der Waals surface area contributed by atoms with E-state index in [-0.39, 0.29) is 11.8 Å². The number of aryl methyl sites for hydroxylation is 2. The average molecular weight is 291 g/mol. The number of nitrogens with one attached hydrogen (secondary N) is 1. The quantitative estimate of drug-likeness (QED) is 0.785. The number of carbonyl (C=O) groups excluding carboxylic acids is 1. The minimum atomic E-state index is -0.881. The van der Waals surface area contributed by atoms with Gasteiger partial charge in [-0.15, -0.1) is 0 Å². The first-order valence-electron chi connectivity index (χ1n) is 7.20. The molecule has 1 saturated carbocycles. The summed E-state index contributed by atoms with van der Waals surface area (Å²) in [5.74, 6) is -1.13. The van der Waals surface area contributed by atoms with Crippen molar-refractivity contribution >= 4 is 11.9 Å². The minimum absolute atomic E-state index is 0.182. The number of ether oxygens (including phenoxy) is 1. The van der Waals surface area contributed by atoms with Crippen molar-refractivity contribution < 1.29 is 19.4 Å². The van der Waals surface area contributed by atoms with E-state index in [1.165, 1.54) is 0 Å². The molecular weight excluding hydrogens is 270 g/mol. The second-order valence-electron chi connectivity index (χ2n) is 5.49. The van der Waals surface area contributed by atoms with Crippen LogP contribution in [-0.2, 0) is 9.59 Å². The topological polar surface area (TPSA) is 75.6 Å². The standard InChI is InChI=1S/C16H21NO4/c1-10-4-3-5-11(2)14(10)21-9-8-17-15(18)12-6-7-13(12)16(19)20/h3-5,12-13H,6-9H2,1-2H3,(H,17,18)(H,19,20). The molecule has 1 aromatic rings. The third kappa shape index (κ3) is 3.54. The Hall–Kier alpha value is -2.04. The molecule has 0 heterocycles. The first-order chi connectivity index (χ1) is 10.0. The lowest BCUT2D eigenvalue weighted by molar-refractivity contribution is -0.152. The molecule has 2 rings (SSSR count). The predicted molar refractivity (Wildman–Crippen MR) is 78.3 cm³/mol. The Balaban J connectivity index is 1.75. The smallest absolute Gasteiger partial charge is 0.307 e. The zero-order chi connectivity index (χ0) is 15.4. The molecule has 1 amide bonds. The first kappa shape index (κ1) is 15.4. The number of para-hydroxylation sites is 1. The number of benzene rings is 1. The summed E-state index contributed by atoms with van der Waals surface area (Å²) in [6.07, 6.45) is 1.24. The summed E-state index contributed by atoms with van der Waals surface area (Å²) in [4.78, 5) is 22.7. The van der Waals surface area contributed by atoms with Gasteiger partial charge in [-0.25, -0.2) is 0 Å². The van der Waals surface area contributed by atoms with E-state index in [0.29, 0.717) is 26.0 Å². The van der Waals surface area contributed by atoms with E-state index in [2.05, 4.69) is 5.32 Å². The molecule has 5 nitrogen and oxygen atoms in total. The van der Waals surface area contributed by atoms with Gasteiger partial charge in [0.15, 0.2) is 0 Å². The predicted octanol–water partition coefficient (Wildman–Crippen LogP) is 1.91. The van der Waals surface area contributed by atoms with Crippen molar-refractivity contribution in [3.8, 4) is 5.75 Å². The molecule has 0 saturated heterocycles. The lowest BCUT2D eigenvalue weighted by Gasteiger charge is -2.31. The van der Waals surface area contributed by atoms with Crippen molar-refractivity contribution in [1.29, 1.82) is 0 Å². The van der Waals surface area contributed by atoms with Crippen LogP contribution in [-0.4, -0.2) is 30.1 Å². The Morgan fingerprint density at radius 3 is 2.38 bits per heavy atom. The zero-order valence-electron chi connectivity index (χ0n) is 12.4. The number of carbonyl (C=O) groups is 2. The molecule has 1 aromatic carbocycles. The van der Waals surface area contributed by atoms with Gasteiger partial charge in [0, 0.05) is 0 Å². The van der Waals surface area contributed by atoms with Crippen LogP contribution in [0.25, 0.3) is 0 Å². The Morgan fingerprint density at radius 1 is 1.24 bits per heavy atom. The van der Waals surface area contributed by atoms with Gasteiger partial charge in [0.05, 0.1) is 18.4 Å². The van der Waals surface area contributed by atoms with Crippen LogP contribution in [0.4, 0.5) is 0 Å². The normalized spacial score (nSPS) is 20.5. The van der Waals surface area contributed by atoms with Crippen molar-refractivity contribution in [2.45, 2.75) is 26.7 Å². The summed E-state index contributed by atoms with van der Waals surface area (Å²) < 4.78 is 5.69. The fraction of sp³-hybridized carbons (Fsp3) is 0.500. The van der Waals surface area contributed by atoms with Crippen molar-refractivity contribution in [1.82, 2.24) is 5.32 Å². The molecule has 1 aliphatic rings. The van der Waals surface area contributed by atoms with E-state index < -0.39 is 11.9 Å². The summed E-state index contributed by atoms with van der Waals surface area (Å²) in [5.41, 5.74) is 2.12. The van der Waals surface area contributed by atoms with E-state index in [0.717, 1.165) is 16.9 Å². The Kier molecular flexibility index (Phi) is 4.83. The molecule has 1 fully saturated rings. The number of amides is 1. The summed E-state index contributed by atoms with van der Waals surface area (Å²) in [6, 6.07) is 5.93. The van der Waals surface area contributed by atoms with Crippen molar-refractivity contribution in [3.63, 3.8) is 0 Å². The third-order valence-electron chi connectivity index (χ3n) is 3.98. The summed E-state index contributed by atoms with van der Waals surface area (Å²) >= 11 is 0. The average Bonchev–Trinajstić information content (AvgIpc) is 2.35. The van der Waals surface area contributed by atoms with Gasteiger partial charge >= 0.3 is 5.97 Å². The lowest BCUT2D eigenvalue weighted by atomic mass is 9.73. The zero-order valence-corrected chi connectivity index (χ0v) is 12.4. The molecule has 2 N–H and O–H groups in total. The monoisotopic (exact) mass is 291 g/mol. The van der Waals surface area contributed by atoms with Crippen LogP contribution in [0, 0.1) is 25.7 Å². The van der Waals surface area contributed by atoms with Crippen LogP contribution in [0.1, 0.15) is 24.0 Å². The number of aliphatic carboxylic acids is 1. The van der Waals surface area contributed by atoms with Crippen LogP contribution in [0.2, 0.25) is 0 Å². The number of hydrogen-bond acceptors (Lipinski definition) is 3. The van der Waals surface area contributed by atoms with E-state index in [9.17, 15) is 9.59 Å². The highest BCUT2D eigenvalue weighted by Crippen LogP contribution is 2.34. The minimum Gasteiger partial charge on any atom is -0.491 e. The molecule has 0 aromatic heterocycles. The van der Waals surface area contributed by atoms with Gasteiger partial charge in [0.1, 0.15) is 12.4 Å². The van der Waals surface area contributed by atoms with Crippen LogP contribution in [0.15, 0.2) is 18.2 Å². The fourth-order valence-corrected chi connectivity index (χ4v) is 2.59. The van der Waals surface area contributed by atoms with Crippen molar-refractivity contribution in [2.75, 3.05) is 13.2 Å². The molecule has 5 heteroatoms. The second kappa shape index (κ2) is 6.61. The molecular formula is C16H21NO4. The number of carboxylic acid groups (broad SMARTS) is 1. The fourth-order valence-electron chi connectivity index (χ4n) is 2.59. The van der Waals surface area contributed by atoms with Gasteiger partial charge in [0.25, 0.3) is 0 Å². The SMILES string of the molecule is Cc1cccc(C)c1OCCNC(=O)C1CCC1C(=O)O. The highest BCUT2D eigenvalue weighted by molar-refractivity contribution is 5.86. The largest absolute Gasteiger partial charge is 0.491 e. The molecule has 21 heavy (non-hydrogen) atoms. The molecule has 2 unspecified atom stereocenters. The van der Waals surface area contributed by atoms with E-state index in [1.807, 2.05) is 32.0 Å². The van der Waals surface area contributed by atoms with Gasteiger partial charge in [-0.2, -0.15) is 0 Å². The van der Waals surface area contributed by atoms with Gasteiger partial charge in [-0.1, -0.05) is 18.2 Å². The van der Waals surface area contributed by atoms with Crippen molar-refractivity contribution in [2.24, 2.45) is 11.8 Å². The van der Waals surface area contributed by atoms with E-state index >= 15 is 0 Å². The summed E-state index contributed by atoms with van der Waals surface area (Å²) in [5, 5.41) is 11.7. The van der Waals surface area contributed by atoms with Crippen LogP contribution in [0.3, 0.4) is 0 Å². The molecule has 0 bridgehead atoms. The number of rotatable bonds is 6. The third-order valence-corrected chi connectivity index (χ3v) is 3.98. The Morgan fingerprint density at radius 2 is 1.86 bits per heavy atom. The summed E-state index contributed by atoms with van der Waals surface area (Å²) in [7, 11) is 0. The summed E-state index contributed by atoms with van der Waals surface area (Å²) in [6.45, 7) is 4.72. The van der Waals surface area contributed by atoms with Gasteiger partial charge < -0.3 is 15.2 Å². The van der Waals surface area contributed by atoms with Crippen LogP contribution < -0.4 is 10.1 Å². The molecule has 0 radical (unpaired) electrons. The number of carboxylic acids is 1. The maximum Gasteiger partial charge on any atom is 0.307 e. The Bertz CT molecular complexity index is 521.